The molecule has 2 heterocycles. The third-order valence-corrected chi connectivity index (χ3v) is 4.99. The van der Waals surface area contributed by atoms with Crippen molar-refractivity contribution in [1.29, 1.82) is 0 Å². The van der Waals surface area contributed by atoms with Crippen LogP contribution < -0.4 is 10.2 Å². The van der Waals surface area contributed by atoms with E-state index in [2.05, 4.69) is 73.2 Å². The van der Waals surface area contributed by atoms with Crippen molar-refractivity contribution in [2.45, 2.75) is 58.5 Å². The molecule has 5 nitrogen and oxygen atoms in total. The van der Waals surface area contributed by atoms with Gasteiger partial charge in [0.25, 0.3) is 0 Å². The number of nitrogens with one attached hydrogen (secondary N) is 1. The zero-order chi connectivity index (χ0) is 18.9. The van der Waals surface area contributed by atoms with Crippen molar-refractivity contribution in [3.05, 3.63) is 47.2 Å². The number of nitrogens with zero attached hydrogens (tertiary/aromatic N) is 3. The molecule has 0 saturated carbocycles. The summed E-state index contributed by atoms with van der Waals surface area (Å²) in [6, 6.07) is 10.7. The molecule has 0 aliphatic carbocycles. The van der Waals surface area contributed by atoms with E-state index >= 15 is 0 Å². The highest BCUT2D eigenvalue weighted by Crippen LogP contribution is 2.35. The maximum absolute atomic E-state index is 9.34. The van der Waals surface area contributed by atoms with Crippen LogP contribution in [0.4, 0.5) is 11.8 Å². The lowest BCUT2D eigenvalue weighted by atomic mass is 9.78. The van der Waals surface area contributed by atoms with Crippen LogP contribution in [-0.4, -0.2) is 34.3 Å². The average Bonchev–Trinajstić information content (AvgIpc) is 2.60. The third kappa shape index (κ3) is 3.83. The van der Waals surface area contributed by atoms with Crippen LogP contribution in [0.15, 0.2) is 30.3 Å². The highest BCUT2D eigenvalue weighted by molar-refractivity contribution is 5.51. The minimum atomic E-state index is -0.0798. The molecule has 0 amide bonds. The van der Waals surface area contributed by atoms with Gasteiger partial charge in [-0.15, -0.1) is 0 Å². The molecule has 1 aromatic carbocycles. The first-order valence-corrected chi connectivity index (χ1v) is 9.40. The van der Waals surface area contributed by atoms with Crippen LogP contribution in [0, 0.1) is 0 Å². The van der Waals surface area contributed by atoms with Crippen LogP contribution in [0.5, 0.6) is 0 Å². The van der Waals surface area contributed by atoms with Crippen molar-refractivity contribution in [2.24, 2.45) is 0 Å². The van der Waals surface area contributed by atoms with Gasteiger partial charge in [-0.2, -0.15) is 4.98 Å². The molecule has 3 rings (SSSR count). The first-order chi connectivity index (χ1) is 12.3. The number of fused-ring (bicyclic) bond motifs is 1. The lowest BCUT2D eigenvalue weighted by Crippen LogP contribution is -2.42. The van der Waals surface area contributed by atoms with Gasteiger partial charge in [0.2, 0.25) is 5.95 Å². The van der Waals surface area contributed by atoms with Gasteiger partial charge in [-0.1, -0.05) is 52.0 Å². The van der Waals surface area contributed by atoms with Crippen LogP contribution in [-0.2, 0) is 12.0 Å². The van der Waals surface area contributed by atoms with E-state index in [4.69, 9.17) is 4.98 Å². The van der Waals surface area contributed by atoms with Crippen molar-refractivity contribution in [3.8, 4) is 0 Å². The summed E-state index contributed by atoms with van der Waals surface area (Å²) in [6.07, 6.45) is 0. The van der Waals surface area contributed by atoms with E-state index in [1.807, 2.05) is 6.92 Å². The summed E-state index contributed by atoms with van der Waals surface area (Å²) < 4.78 is 0. The highest BCUT2D eigenvalue weighted by Gasteiger charge is 2.32. The number of anilines is 2. The Morgan fingerprint density at radius 2 is 1.92 bits per heavy atom. The number of aliphatic hydroxyl groups is 1. The van der Waals surface area contributed by atoms with E-state index in [1.165, 1.54) is 11.1 Å². The molecule has 1 aliphatic rings. The Morgan fingerprint density at radius 1 is 1.19 bits per heavy atom. The van der Waals surface area contributed by atoms with E-state index in [-0.39, 0.29) is 18.1 Å². The molecule has 140 valence electrons. The molecular formula is C21H30N4O. The van der Waals surface area contributed by atoms with Gasteiger partial charge >= 0.3 is 0 Å². The summed E-state index contributed by atoms with van der Waals surface area (Å²) in [4.78, 5) is 11.7. The molecule has 5 heteroatoms. The van der Waals surface area contributed by atoms with Crippen molar-refractivity contribution >= 4 is 11.8 Å². The number of rotatable bonds is 5. The van der Waals surface area contributed by atoms with Gasteiger partial charge in [-0.25, -0.2) is 4.98 Å². The molecule has 1 atom stereocenters. The average molecular weight is 354 g/mol. The second-order valence-corrected chi connectivity index (χ2v) is 8.25. The molecule has 2 aromatic rings. The van der Waals surface area contributed by atoms with Gasteiger partial charge in [0.15, 0.2) is 0 Å². The van der Waals surface area contributed by atoms with Gasteiger partial charge in [-0.05, 0) is 24.0 Å². The number of hydrogen-bond acceptors (Lipinski definition) is 5. The lowest BCUT2D eigenvalue weighted by molar-refractivity contribution is 0.281. The molecule has 0 radical (unpaired) electrons. The predicted molar refractivity (Wildman–Crippen MR) is 107 cm³/mol. The van der Waals surface area contributed by atoms with Crippen molar-refractivity contribution in [1.82, 2.24) is 9.97 Å². The van der Waals surface area contributed by atoms with Crippen LogP contribution in [0.3, 0.4) is 0 Å². The summed E-state index contributed by atoms with van der Waals surface area (Å²) in [5.41, 5.74) is 3.84. The first-order valence-electron chi connectivity index (χ1n) is 9.40. The topological polar surface area (TPSA) is 61.3 Å². The predicted octanol–water partition coefficient (Wildman–Crippen LogP) is 3.69. The fraction of sp³-hybridized carbons (Fsp3) is 0.524. The second-order valence-electron chi connectivity index (χ2n) is 8.25. The molecule has 0 saturated heterocycles. The Labute approximate surface area is 156 Å². The Kier molecular flexibility index (Phi) is 5.19. The fourth-order valence-corrected chi connectivity index (χ4v) is 3.55. The first kappa shape index (κ1) is 18.6. The third-order valence-electron chi connectivity index (χ3n) is 4.99. The summed E-state index contributed by atoms with van der Waals surface area (Å²) in [5.74, 6) is 1.84. The summed E-state index contributed by atoms with van der Waals surface area (Å²) in [7, 11) is 0. The molecule has 1 aliphatic heterocycles. The summed E-state index contributed by atoms with van der Waals surface area (Å²) >= 11 is 0. The maximum atomic E-state index is 9.34. The largest absolute Gasteiger partial charge is 0.394 e. The van der Waals surface area contributed by atoms with Gasteiger partial charge in [0.05, 0.1) is 12.3 Å². The monoisotopic (exact) mass is 354 g/mol. The second kappa shape index (κ2) is 7.23. The zero-order valence-corrected chi connectivity index (χ0v) is 16.5. The smallest absolute Gasteiger partial charge is 0.225 e. The lowest BCUT2D eigenvalue weighted by Gasteiger charge is -2.40. The molecule has 0 spiro atoms. The number of benzene rings is 1. The van der Waals surface area contributed by atoms with Gasteiger partial charge < -0.3 is 15.3 Å². The van der Waals surface area contributed by atoms with E-state index in [0.717, 1.165) is 24.6 Å². The molecule has 0 fully saturated rings. The molecule has 1 aromatic heterocycles. The standard InChI is InChI=1S/C21H30N4O/c1-14(2)18-10-19(24-20(23-18)22-15(3)12-26)25-11-16-8-6-7-9-17(16)21(4,5)13-25/h6-10,14-15,26H,11-13H2,1-5H3,(H,22,23,24)/t15-/m0/s1. The van der Waals surface area contributed by atoms with Crippen LogP contribution in [0.25, 0.3) is 0 Å². The van der Waals surface area contributed by atoms with E-state index in [9.17, 15) is 5.11 Å². The summed E-state index contributed by atoms with van der Waals surface area (Å²) in [5, 5.41) is 12.5. The Balaban J connectivity index is 1.98. The molecule has 26 heavy (non-hydrogen) atoms. The van der Waals surface area contributed by atoms with Gasteiger partial charge in [-0.3, -0.25) is 0 Å². The van der Waals surface area contributed by atoms with Crippen molar-refractivity contribution < 1.29 is 5.11 Å². The van der Waals surface area contributed by atoms with Gasteiger partial charge in [0, 0.05) is 30.6 Å². The van der Waals surface area contributed by atoms with E-state index < -0.39 is 0 Å². The molecule has 2 N–H and O–H groups in total. The van der Waals surface area contributed by atoms with Crippen molar-refractivity contribution in [3.63, 3.8) is 0 Å². The van der Waals surface area contributed by atoms with E-state index in [1.54, 1.807) is 0 Å². The maximum Gasteiger partial charge on any atom is 0.225 e. The van der Waals surface area contributed by atoms with E-state index in [0.29, 0.717) is 11.9 Å². The van der Waals surface area contributed by atoms with Crippen molar-refractivity contribution in [2.75, 3.05) is 23.4 Å². The van der Waals surface area contributed by atoms with Gasteiger partial charge in [0.1, 0.15) is 5.82 Å². The van der Waals surface area contributed by atoms with Crippen LogP contribution in [0.1, 0.15) is 57.4 Å². The number of aliphatic hydroxyl groups excluding tert-OH is 1. The SMILES string of the molecule is CC(C)c1cc(N2Cc3ccccc3C(C)(C)C2)nc(N[C@@H](C)CO)n1. The summed E-state index contributed by atoms with van der Waals surface area (Å²) in [6.45, 7) is 12.6. The number of aromatic nitrogens is 2. The fourth-order valence-electron chi connectivity index (χ4n) is 3.55. The number of hydrogen-bond donors (Lipinski definition) is 2. The van der Waals surface area contributed by atoms with Crippen LogP contribution in [0.2, 0.25) is 0 Å². The van der Waals surface area contributed by atoms with Crippen LogP contribution >= 0.6 is 0 Å². The molecule has 0 unspecified atom stereocenters. The highest BCUT2D eigenvalue weighted by atomic mass is 16.3. The molecule has 0 bridgehead atoms. The quantitative estimate of drug-likeness (QED) is 0.857. The Bertz CT molecular complexity index is 772. The Morgan fingerprint density at radius 3 is 2.62 bits per heavy atom. The minimum Gasteiger partial charge on any atom is -0.394 e. The Hall–Kier alpha value is -2.14. The normalized spacial score (nSPS) is 17.1. The zero-order valence-electron chi connectivity index (χ0n) is 16.5. The molecular weight excluding hydrogens is 324 g/mol. The minimum absolute atomic E-state index is 0.0503.